The summed E-state index contributed by atoms with van der Waals surface area (Å²) in [5, 5.41) is 10.8. The zero-order valence-electron chi connectivity index (χ0n) is 8.77. The van der Waals surface area contributed by atoms with Crippen LogP contribution in [-0.4, -0.2) is 22.9 Å². The normalized spacial score (nSPS) is 11.6. The number of anilines is 1. The van der Waals surface area contributed by atoms with Gasteiger partial charge in [-0.3, -0.25) is 14.7 Å². The maximum absolute atomic E-state index is 11.3. The van der Waals surface area contributed by atoms with Gasteiger partial charge in [-0.05, 0) is 6.07 Å². The number of rotatable bonds is 2. The topological polar surface area (TPSA) is 136 Å². The monoisotopic (exact) mass is 269 g/mol. The summed E-state index contributed by atoms with van der Waals surface area (Å²) in [6.45, 7) is 0. The quantitative estimate of drug-likeness (QED) is 0.470. The summed E-state index contributed by atoms with van der Waals surface area (Å²) in [4.78, 5) is 12.7. The van der Waals surface area contributed by atoms with Gasteiger partial charge in [0.2, 0.25) is 5.82 Å². The van der Waals surface area contributed by atoms with E-state index in [-0.39, 0.29) is 10.9 Å². The molecule has 0 unspecified atom stereocenters. The minimum absolute atomic E-state index is 0.0547. The lowest BCUT2D eigenvalue weighted by atomic mass is 10.2. The molecule has 2 rings (SSSR count). The lowest BCUT2D eigenvalue weighted by molar-refractivity contribution is -0.386. The highest BCUT2D eigenvalue weighted by molar-refractivity contribution is 7.86. The number of pyridine rings is 1. The zero-order chi connectivity index (χ0) is 13.5. The van der Waals surface area contributed by atoms with Gasteiger partial charge in [0.1, 0.15) is 0 Å². The summed E-state index contributed by atoms with van der Waals surface area (Å²) in [5.41, 5.74) is 4.58. The molecule has 1 aromatic carbocycles. The predicted octanol–water partition coefficient (Wildman–Crippen LogP) is 0.972. The van der Waals surface area contributed by atoms with E-state index in [0.29, 0.717) is 0 Å². The molecule has 0 saturated heterocycles. The van der Waals surface area contributed by atoms with Gasteiger partial charge < -0.3 is 5.73 Å². The molecule has 0 aliphatic rings. The molecule has 0 aliphatic carbocycles. The molecule has 1 heterocycles. The van der Waals surface area contributed by atoms with E-state index in [9.17, 15) is 18.5 Å². The molecule has 2 aromatic rings. The minimum Gasteiger partial charge on any atom is -0.378 e. The van der Waals surface area contributed by atoms with Gasteiger partial charge in [0.25, 0.3) is 0 Å². The average Bonchev–Trinajstić information content (AvgIpc) is 2.25. The molecule has 0 fully saturated rings. The first kappa shape index (κ1) is 12.2. The van der Waals surface area contributed by atoms with Crippen LogP contribution in [0.25, 0.3) is 10.9 Å². The van der Waals surface area contributed by atoms with Crippen LogP contribution >= 0.6 is 0 Å². The number of para-hydroxylation sites is 1. The Morgan fingerprint density at radius 3 is 2.50 bits per heavy atom. The SMILES string of the molecule is Nc1nc2ccccc2c(S(=O)(=O)O)c1[N+](=O)[O-]. The molecule has 3 N–H and O–H groups in total. The van der Waals surface area contributed by atoms with E-state index in [2.05, 4.69) is 4.98 Å². The first-order valence-corrected chi connectivity index (χ1v) is 6.06. The summed E-state index contributed by atoms with van der Waals surface area (Å²) >= 11 is 0. The fourth-order valence-corrected chi connectivity index (χ4v) is 2.50. The second-order valence-electron chi connectivity index (χ2n) is 3.42. The highest BCUT2D eigenvalue weighted by Crippen LogP contribution is 2.34. The number of nitro groups is 1. The lowest BCUT2D eigenvalue weighted by Gasteiger charge is -2.06. The number of hydrogen-bond donors (Lipinski definition) is 2. The van der Waals surface area contributed by atoms with Crippen LogP contribution < -0.4 is 5.73 Å². The third-order valence-corrected chi connectivity index (χ3v) is 3.22. The first-order valence-electron chi connectivity index (χ1n) is 4.62. The third-order valence-electron chi connectivity index (χ3n) is 2.29. The van der Waals surface area contributed by atoms with Crippen LogP contribution in [0.4, 0.5) is 11.5 Å². The molecule has 0 bridgehead atoms. The van der Waals surface area contributed by atoms with Crippen LogP contribution in [0.3, 0.4) is 0 Å². The Balaban J connectivity index is 3.09. The Morgan fingerprint density at radius 1 is 1.33 bits per heavy atom. The highest BCUT2D eigenvalue weighted by atomic mass is 32.2. The standard InChI is InChI=1S/C9H7N3O5S/c10-9-7(12(13)14)8(18(15,16)17)5-3-1-2-4-6(5)11-9/h1-4H,(H2,10,11)(H,15,16,17). The van der Waals surface area contributed by atoms with Gasteiger partial charge in [0, 0.05) is 5.39 Å². The summed E-state index contributed by atoms with van der Waals surface area (Å²) in [5.74, 6) is -0.564. The van der Waals surface area contributed by atoms with E-state index in [1.54, 1.807) is 6.07 Å². The molecule has 1 aromatic heterocycles. The van der Waals surface area contributed by atoms with Gasteiger partial charge in [0.05, 0.1) is 10.4 Å². The van der Waals surface area contributed by atoms with Gasteiger partial charge in [-0.15, -0.1) is 0 Å². The highest BCUT2D eigenvalue weighted by Gasteiger charge is 2.31. The van der Waals surface area contributed by atoms with Gasteiger partial charge >= 0.3 is 15.8 Å². The number of aromatic nitrogens is 1. The molecular formula is C9H7N3O5S. The minimum atomic E-state index is -4.79. The van der Waals surface area contributed by atoms with E-state index in [4.69, 9.17) is 10.3 Å². The molecule has 9 heteroatoms. The van der Waals surface area contributed by atoms with Crippen molar-refractivity contribution in [2.75, 3.05) is 5.73 Å². The van der Waals surface area contributed by atoms with Crippen molar-refractivity contribution in [1.82, 2.24) is 4.98 Å². The summed E-state index contributed by atoms with van der Waals surface area (Å²) in [6, 6.07) is 5.77. The van der Waals surface area contributed by atoms with Crippen molar-refractivity contribution in [1.29, 1.82) is 0 Å². The van der Waals surface area contributed by atoms with Crippen molar-refractivity contribution < 1.29 is 17.9 Å². The largest absolute Gasteiger partial charge is 0.378 e. The predicted molar refractivity (Wildman–Crippen MR) is 62.6 cm³/mol. The van der Waals surface area contributed by atoms with Crippen molar-refractivity contribution in [3.8, 4) is 0 Å². The fourth-order valence-electron chi connectivity index (χ4n) is 1.63. The van der Waals surface area contributed by atoms with Crippen molar-refractivity contribution in [2.45, 2.75) is 4.90 Å². The number of benzene rings is 1. The van der Waals surface area contributed by atoms with Gasteiger partial charge in [0.15, 0.2) is 4.90 Å². The second kappa shape index (κ2) is 3.89. The van der Waals surface area contributed by atoms with Gasteiger partial charge in [-0.2, -0.15) is 8.42 Å². The van der Waals surface area contributed by atoms with Crippen molar-refractivity contribution in [3.63, 3.8) is 0 Å². The summed E-state index contributed by atoms with van der Waals surface area (Å²) in [6.07, 6.45) is 0. The van der Waals surface area contributed by atoms with Gasteiger partial charge in [-0.25, -0.2) is 4.98 Å². The van der Waals surface area contributed by atoms with Crippen molar-refractivity contribution in [2.24, 2.45) is 0 Å². The molecule has 0 aliphatic heterocycles. The average molecular weight is 269 g/mol. The van der Waals surface area contributed by atoms with E-state index < -0.39 is 31.4 Å². The number of nitrogens with two attached hydrogens (primary N) is 1. The molecule has 94 valence electrons. The Kier molecular flexibility index (Phi) is 2.64. The Hall–Kier alpha value is -2.26. The fraction of sp³-hybridized carbons (Fsp3) is 0. The Morgan fingerprint density at radius 2 is 1.94 bits per heavy atom. The van der Waals surface area contributed by atoms with Crippen LogP contribution in [0.5, 0.6) is 0 Å². The molecule has 0 radical (unpaired) electrons. The third kappa shape index (κ3) is 1.85. The number of nitrogen functional groups attached to an aromatic ring is 1. The maximum atomic E-state index is 11.3. The van der Waals surface area contributed by atoms with Crippen LogP contribution in [-0.2, 0) is 10.1 Å². The van der Waals surface area contributed by atoms with Crippen LogP contribution in [0.1, 0.15) is 0 Å². The maximum Gasteiger partial charge on any atom is 0.332 e. The lowest BCUT2D eigenvalue weighted by Crippen LogP contribution is -2.08. The van der Waals surface area contributed by atoms with Crippen LogP contribution in [0.15, 0.2) is 29.2 Å². The number of fused-ring (bicyclic) bond motifs is 1. The summed E-state index contributed by atoms with van der Waals surface area (Å²) < 4.78 is 31.7. The molecule has 0 spiro atoms. The molecule has 0 amide bonds. The second-order valence-corrected chi connectivity index (χ2v) is 4.78. The zero-order valence-corrected chi connectivity index (χ0v) is 9.59. The molecule has 0 saturated carbocycles. The van der Waals surface area contributed by atoms with E-state index in [1.165, 1.54) is 18.2 Å². The molecule has 0 atom stereocenters. The van der Waals surface area contributed by atoms with Gasteiger partial charge in [-0.1, -0.05) is 18.2 Å². The van der Waals surface area contributed by atoms with E-state index in [0.717, 1.165) is 0 Å². The van der Waals surface area contributed by atoms with E-state index in [1.807, 2.05) is 0 Å². The number of hydrogen-bond acceptors (Lipinski definition) is 6. The summed E-state index contributed by atoms with van der Waals surface area (Å²) in [7, 11) is -4.79. The molecular weight excluding hydrogens is 262 g/mol. The van der Waals surface area contributed by atoms with E-state index >= 15 is 0 Å². The van der Waals surface area contributed by atoms with Crippen molar-refractivity contribution >= 4 is 32.5 Å². The molecule has 8 nitrogen and oxygen atoms in total. The first-order chi connectivity index (χ1) is 8.32. The molecule has 18 heavy (non-hydrogen) atoms. The number of nitrogens with zero attached hydrogens (tertiary/aromatic N) is 2. The van der Waals surface area contributed by atoms with Crippen molar-refractivity contribution in [3.05, 3.63) is 34.4 Å². The smallest absolute Gasteiger partial charge is 0.332 e. The Labute approximate surface area is 101 Å². The Bertz CT molecular complexity index is 756. The van der Waals surface area contributed by atoms with Crippen LogP contribution in [0.2, 0.25) is 0 Å². The van der Waals surface area contributed by atoms with Crippen LogP contribution in [0, 0.1) is 10.1 Å².